The summed E-state index contributed by atoms with van der Waals surface area (Å²) < 4.78 is 51.7. The lowest BCUT2D eigenvalue weighted by Crippen LogP contribution is -2.19. The Bertz CT molecular complexity index is 1400. The molecule has 1 N–H and O–H groups in total. The summed E-state index contributed by atoms with van der Waals surface area (Å²) in [5, 5.41) is 2.58. The molecule has 9 heteroatoms. The van der Waals surface area contributed by atoms with Gasteiger partial charge in [0, 0.05) is 23.6 Å². The number of pyridine rings is 1. The first-order valence-corrected chi connectivity index (χ1v) is 10.8. The van der Waals surface area contributed by atoms with E-state index in [1.165, 1.54) is 18.2 Å². The van der Waals surface area contributed by atoms with Crippen LogP contribution in [0.15, 0.2) is 78.0 Å². The van der Waals surface area contributed by atoms with Crippen molar-refractivity contribution < 1.29 is 22.0 Å². The molecule has 2 aromatic heterocycles. The van der Waals surface area contributed by atoms with Gasteiger partial charge in [-0.2, -0.15) is 8.78 Å². The quantitative estimate of drug-likeness (QED) is 0.492. The van der Waals surface area contributed by atoms with Gasteiger partial charge in [0.25, 0.3) is 5.91 Å². The fourth-order valence-electron chi connectivity index (χ4n) is 3.25. The Kier molecular flexibility index (Phi) is 5.28. The number of rotatable bonds is 5. The maximum Gasteiger partial charge on any atom is 0.341 e. The molecule has 0 spiro atoms. The van der Waals surface area contributed by atoms with E-state index in [-0.39, 0.29) is 5.56 Å². The van der Waals surface area contributed by atoms with Crippen LogP contribution in [-0.4, -0.2) is 29.5 Å². The number of fused-ring (bicyclic) bond motifs is 1. The monoisotopic (exact) mass is 441 g/mol. The van der Waals surface area contributed by atoms with Gasteiger partial charge in [-0.15, -0.1) is 0 Å². The van der Waals surface area contributed by atoms with Crippen molar-refractivity contribution in [2.75, 3.05) is 5.32 Å². The highest BCUT2D eigenvalue weighted by Gasteiger charge is 2.30. The number of aryl methyl sites for hydroxylation is 1. The second-order valence-corrected chi connectivity index (χ2v) is 8.77. The van der Waals surface area contributed by atoms with Crippen molar-refractivity contribution in [1.82, 2.24) is 9.38 Å². The third-order valence-electron chi connectivity index (χ3n) is 4.77. The summed E-state index contributed by atoms with van der Waals surface area (Å²) in [5.41, 5.74) is 3.26. The summed E-state index contributed by atoms with van der Waals surface area (Å²) in [6.45, 7) is 1.95. The molecule has 0 unspecified atom stereocenters. The summed E-state index contributed by atoms with van der Waals surface area (Å²) in [5.74, 6) is -4.42. The standard InChI is InChI=1S/C22H17F2N3O3S/c1-14-6-5-11-27-13-18(26-20(14)27)15-7-4-8-16(12-15)25-21(28)17-9-2-3-10-19(17)31(29,30)22(23)24/h2-13,22H,1H3,(H,25,28). The Morgan fingerprint density at radius 3 is 2.58 bits per heavy atom. The van der Waals surface area contributed by atoms with Gasteiger partial charge in [-0.1, -0.05) is 30.3 Å². The molecule has 4 rings (SSSR count). The number of hydrogen-bond acceptors (Lipinski definition) is 4. The van der Waals surface area contributed by atoms with Gasteiger partial charge in [0.15, 0.2) is 0 Å². The lowest BCUT2D eigenvalue weighted by Gasteiger charge is -2.11. The first kappa shape index (κ1) is 20.7. The molecule has 2 aromatic carbocycles. The summed E-state index contributed by atoms with van der Waals surface area (Å²) in [4.78, 5) is 16.6. The van der Waals surface area contributed by atoms with Crippen LogP contribution in [0, 0.1) is 6.92 Å². The molecule has 0 bridgehead atoms. The Labute approximate surface area is 177 Å². The molecule has 1 amide bonds. The molecule has 0 radical (unpaired) electrons. The SMILES string of the molecule is Cc1cccn2cc(-c3cccc(NC(=O)c4ccccc4S(=O)(=O)C(F)F)c3)nc12. The van der Waals surface area contributed by atoms with E-state index in [1.54, 1.807) is 18.2 Å². The zero-order valence-electron chi connectivity index (χ0n) is 16.3. The highest BCUT2D eigenvalue weighted by Crippen LogP contribution is 2.26. The Hall–Kier alpha value is -3.59. The average molecular weight is 441 g/mol. The first-order chi connectivity index (χ1) is 14.8. The molecule has 0 atom stereocenters. The van der Waals surface area contributed by atoms with E-state index in [2.05, 4.69) is 10.3 Å². The van der Waals surface area contributed by atoms with Crippen molar-refractivity contribution in [2.24, 2.45) is 0 Å². The average Bonchev–Trinajstić information content (AvgIpc) is 3.20. The number of anilines is 1. The highest BCUT2D eigenvalue weighted by atomic mass is 32.2. The number of imidazole rings is 1. The number of nitrogens with zero attached hydrogens (tertiary/aromatic N) is 2. The molecule has 0 aliphatic heterocycles. The fourth-order valence-corrected chi connectivity index (χ4v) is 4.17. The van der Waals surface area contributed by atoms with Gasteiger partial charge >= 0.3 is 5.76 Å². The highest BCUT2D eigenvalue weighted by molar-refractivity contribution is 7.91. The van der Waals surface area contributed by atoms with Gasteiger partial charge in [0.2, 0.25) is 9.84 Å². The molecular weight excluding hydrogens is 424 g/mol. The first-order valence-electron chi connectivity index (χ1n) is 9.24. The smallest absolute Gasteiger partial charge is 0.322 e. The van der Waals surface area contributed by atoms with Crippen LogP contribution in [0.25, 0.3) is 16.9 Å². The number of nitrogens with one attached hydrogen (secondary N) is 1. The molecule has 0 saturated carbocycles. The number of hydrogen-bond donors (Lipinski definition) is 1. The van der Waals surface area contributed by atoms with Crippen LogP contribution in [0.1, 0.15) is 15.9 Å². The number of carbonyl (C=O) groups excluding carboxylic acids is 1. The molecule has 0 aliphatic rings. The predicted molar refractivity (Wildman–Crippen MR) is 113 cm³/mol. The largest absolute Gasteiger partial charge is 0.341 e. The van der Waals surface area contributed by atoms with Gasteiger partial charge in [-0.3, -0.25) is 4.79 Å². The van der Waals surface area contributed by atoms with Crippen molar-refractivity contribution in [1.29, 1.82) is 0 Å². The van der Waals surface area contributed by atoms with Crippen molar-refractivity contribution in [3.63, 3.8) is 0 Å². The molecular formula is C22H17F2N3O3S. The summed E-state index contributed by atoms with van der Waals surface area (Å²) in [6.07, 6.45) is 3.73. The minimum Gasteiger partial charge on any atom is -0.322 e. The Morgan fingerprint density at radius 2 is 1.84 bits per heavy atom. The molecule has 6 nitrogen and oxygen atoms in total. The molecule has 2 heterocycles. The Morgan fingerprint density at radius 1 is 1.06 bits per heavy atom. The van der Waals surface area contributed by atoms with Crippen molar-refractivity contribution >= 4 is 27.1 Å². The van der Waals surface area contributed by atoms with E-state index in [9.17, 15) is 22.0 Å². The number of aromatic nitrogens is 2. The van der Waals surface area contributed by atoms with Gasteiger partial charge in [0.1, 0.15) is 5.65 Å². The van der Waals surface area contributed by atoms with Crippen LogP contribution < -0.4 is 5.32 Å². The van der Waals surface area contributed by atoms with Gasteiger partial charge in [0.05, 0.1) is 16.2 Å². The molecule has 0 aliphatic carbocycles. The van der Waals surface area contributed by atoms with Crippen LogP contribution in [0.2, 0.25) is 0 Å². The number of halogens is 2. The van der Waals surface area contributed by atoms with E-state index in [4.69, 9.17) is 0 Å². The van der Waals surface area contributed by atoms with E-state index in [0.29, 0.717) is 11.4 Å². The van der Waals surface area contributed by atoms with Crippen LogP contribution in [0.4, 0.5) is 14.5 Å². The third kappa shape index (κ3) is 3.91. The van der Waals surface area contributed by atoms with Crippen LogP contribution >= 0.6 is 0 Å². The van der Waals surface area contributed by atoms with Gasteiger partial charge in [-0.05, 0) is 42.8 Å². The maximum atomic E-state index is 13.0. The minimum absolute atomic E-state index is 0.350. The van der Waals surface area contributed by atoms with Crippen LogP contribution in [-0.2, 0) is 9.84 Å². The zero-order valence-corrected chi connectivity index (χ0v) is 17.1. The topological polar surface area (TPSA) is 80.5 Å². The van der Waals surface area contributed by atoms with Gasteiger partial charge in [-0.25, -0.2) is 13.4 Å². The summed E-state index contributed by atoms with van der Waals surface area (Å²) in [6, 6.07) is 15.6. The van der Waals surface area contributed by atoms with Crippen molar-refractivity contribution in [2.45, 2.75) is 17.6 Å². The molecule has 0 saturated heterocycles. The third-order valence-corrected chi connectivity index (χ3v) is 6.21. The van der Waals surface area contributed by atoms with Crippen molar-refractivity contribution in [3.8, 4) is 11.3 Å². The molecule has 158 valence electrons. The second kappa shape index (κ2) is 7.92. The number of alkyl halides is 2. The van der Waals surface area contributed by atoms with Crippen LogP contribution in [0.5, 0.6) is 0 Å². The van der Waals surface area contributed by atoms with E-state index in [0.717, 1.165) is 22.8 Å². The van der Waals surface area contributed by atoms with E-state index < -0.39 is 26.4 Å². The second-order valence-electron chi connectivity index (χ2n) is 6.88. The maximum absolute atomic E-state index is 13.0. The lowest BCUT2D eigenvalue weighted by molar-refractivity contribution is 0.102. The van der Waals surface area contributed by atoms with Crippen LogP contribution in [0.3, 0.4) is 0 Å². The number of carbonyl (C=O) groups is 1. The van der Waals surface area contributed by atoms with E-state index >= 15 is 0 Å². The number of benzene rings is 2. The summed E-state index contributed by atoms with van der Waals surface area (Å²) in [7, 11) is -4.92. The predicted octanol–water partition coefficient (Wildman–Crippen LogP) is 4.56. The van der Waals surface area contributed by atoms with Crippen molar-refractivity contribution in [3.05, 3.63) is 84.2 Å². The lowest BCUT2D eigenvalue weighted by atomic mass is 10.1. The zero-order chi connectivity index (χ0) is 22.2. The number of sulfone groups is 1. The van der Waals surface area contributed by atoms with E-state index in [1.807, 2.05) is 41.9 Å². The summed E-state index contributed by atoms with van der Waals surface area (Å²) >= 11 is 0. The Balaban J connectivity index is 1.66. The molecule has 0 fully saturated rings. The molecule has 31 heavy (non-hydrogen) atoms. The van der Waals surface area contributed by atoms with Gasteiger partial charge < -0.3 is 9.72 Å². The molecule has 4 aromatic rings. The number of amides is 1. The normalized spacial score (nSPS) is 11.7. The fraction of sp³-hybridized carbons (Fsp3) is 0.0909. The minimum atomic E-state index is -4.92.